The Bertz CT molecular complexity index is 1150. The average Bonchev–Trinajstić information content (AvgIpc) is 3.02. The van der Waals surface area contributed by atoms with Crippen molar-refractivity contribution in [3.8, 4) is 5.75 Å². The van der Waals surface area contributed by atoms with Crippen LogP contribution >= 0.6 is 0 Å². The van der Waals surface area contributed by atoms with Gasteiger partial charge in [-0.1, -0.05) is 73.7 Å². The molecular weight excluding hydrogens is 428 g/mol. The molecule has 0 aliphatic heterocycles. The van der Waals surface area contributed by atoms with Crippen LogP contribution in [0.2, 0.25) is 0 Å². The molecule has 2 unspecified atom stereocenters. The van der Waals surface area contributed by atoms with Crippen molar-refractivity contribution in [1.82, 2.24) is 0 Å². The van der Waals surface area contributed by atoms with E-state index in [1.807, 2.05) is 36.4 Å². The number of ether oxygens (including phenoxy) is 3. The molecule has 0 radical (unpaired) electrons. The van der Waals surface area contributed by atoms with Crippen LogP contribution in [0, 0.1) is 0 Å². The summed E-state index contributed by atoms with van der Waals surface area (Å²) in [6, 6.07) is 22.3. The number of carbonyl (C=O) groups is 1. The Hall–Kier alpha value is -3.41. The molecule has 0 saturated carbocycles. The summed E-state index contributed by atoms with van der Waals surface area (Å²) in [5.41, 5.74) is 6.83. The van der Waals surface area contributed by atoms with Crippen LogP contribution in [0.15, 0.2) is 66.7 Å². The third-order valence-electron chi connectivity index (χ3n) is 6.10. The number of aliphatic carboxylic acids is 1. The summed E-state index contributed by atoms with van der Waals surface area (Å²) >= 11 is 0. The smallest absolute Gasteiger partial charge is 0.333 e. The fourth-order valence-corrected chi connectivity index (χ4v) is 4.18. The fraction of sp³-hybridized carbons (Fsp3) is 0.276. The van der Waals surface area contributed by atoms with Gasteiger partial charge in [0.25, 0.3) is 0 Å². The molecular formula is C29H30O5. The Morgan fingerprint density at radius 1 is 0.912 bits per heavy atom. The van der Waals surface area contributed by atoms with Crippen molar-refractivity contribution in [2.45, 2.75) is 32.0 Å². The number of benzene rings is 3. The van der Waals surface area contributed by atoms with Gasteiger partial charge >= 0.3 is 5.97 Å². The minimum atomic E-state index is -0.970. The van der Waals surface area contributed by atoms with Gasteiger partial charge in [-0.05, 0) is 51.9 Å². The fourth-order valence-electron chi connectivity index (χ4n) is 4.18. The van der Waals surface area contributed by atoms with Crippen LogP contribution in [0.3, 0.4) is 0 Å². The summed E-state index contributed by atoms with van der Waals surface area (Å²) in [6.45, 7) is 3.00. The number of carboxylic acids is 1. The lowest BCUT2D eigenvalue weighted by molar-refractivity contribution is -0.148. The summed E-state index contributed by atoms with van der Waals surface area (Å²) in [7, 11) is 1.40. The highest BCUT2D eigenvalue weighted by Crippen LogP contribution is 2.36. The summed E-state index contributed by atoms with van der Waals surface area (Å²) < 4.78 is 17.3. The summed E-state index contributed by atoms with van der Waals surface area (Å²) in [6.07, 6.45) is 4.58. The summed E-state index contributed by atoms with van der Waals surface area (Å²) in [5, 5.41) is 9.14. The van der Waals surface area contributed by atoms with Crippen LogP contribution < -0.4 is 4.74 Å². The van der Waals surface area contributed by atoms with Crippen LogP contribution in [-0.2, 0) is 27.1 Å². The maximum atomic E-state index is 11.2. The Morgan fingerprint density at radius 2 is 1.62 bits per heavy atom. The van der Waals surface area contributed by atoms with Gasteiger partial charge in [0.05, 0.1) is 6.61 Å². The molecule has 34 heavy (non-hydrogen) atoms. The van der Waals surface area contributed by atoms with E-state index < -0.39 is 12.1 Å². The lowest BCUT2D eigenvalue weighted by atomic mass is 9.94. The minimum Gasteiger partial charge on any atom is -0.491 e. The summed E-state index contributed by atoms with van der Waals surface area (Å²) in [4.78, 5) is 11.2. The van der Waals surface area contributed by atoms with Gasteiger partial charge in [0.2, 0.25) is 0 Å². The Balaban J connectivity index is 1.41. The number of carboxylic acid groups (broad SMARTS) is 1. The van der Waals surface area contributed by atoms with E-state index in [-0.39, 0.29) is 6.10 Å². The standard InChI is InChI=1S/C29H30O5/c1-3-20-8-11-23-13-12-22-6-4-5-7-25(22)28(26(23)18-20)34-17-16-33-24-14-9-21(10-15-24)19-27(32-2)29(30)31/h4-15,18,27-28H,3,16-17,19H2,1-2H3,(H,30,31). The van der Waals surface area contributed by atoms with Crippen LogP contribution in [0.1, 0.15) is 46.4 Å². The monoisotopic (exact) mass is 458 g/mol. The van der Waals surface area contributed by atoms with Gasteiger partial charge in [0.15, 0.2) is 6.10 Å². The maximum Gasteiger partial charge on any atom is 0.333 e. The second-order valence-corrected chi connectivity index (χ2v) is 8.29. The molecule has 176 valence electrons. The normalized spacial score (nSPS) is 15.2. The van der Waals surface area contributed by atoms with Crippen LogP contribution in [0.25, 0.3) is 12.2 Å². The third kappa shape index (κ3) is 5.56. The van der Waals surface area contributed by atoms with E-state index in [4.69, 9.17) is 19.3 Å². The van der Waals surface area contributed by atoms with Crippen LogP contribution in [0.4, 0.5) is 0 Å². The first-order chi connectivity index (χ1) is 16.6. The number of hydrogen-bond donors (Lipinski definition) is 1. The molecule has 0 aromatic heterocycles. The quantitative estimate of drug-likeness (QED) is 0.403. The van der Waals surface area contributed by atoms with Gasteiger partial charge in [-0.3, -0.25) is 0 Å². The van der Waals surface area contributed by atoms with Gasteiger partial charge in [-0.2, -0.15) is 0 Å². The molecule has 4 rings (SSSR count). The summed E-state index contributed by atoms with van der Waals surface area (Å²) in [5.74, 6) is -0.254. The van der Waals surface area contributed by atoms with Crippen molar-refractivity contribution >= 4 is 18.1 Å². The second kappa shape index (κ2) is 11.1. The molecule has 0 bridgehead atoms. The number of aryl methyl sites for hydroxylation is 1. The largest absolute Gasteiger partial charge is 0.491 e. The van der Waals surface area contributed by atoms with Crippen molar-refractivity contribution in [2.75, 3.05) is 20.3 Å². The molecule has 1 aliphatic carbocycles. The Morgan fingerprint density at radius 3 is 2.32 bits per heavy atom. The van der Waals surface area contributed by atoms with Crippen molar-refractivity contribution in [3.63, 3.8) is 0 Å². The molecule has 0 fully saturated rings. The van der Waals surface area contributed by atoms with Gasteiger partial charge in [-0.15, -0.1) is 0 Å². The topological polar surface area (TPSA) is 65.0 Å². The molecule has 3 aromatic carbocycles. The zero-order valence-corrected chi connectivity index (χ0v) is 19.6. The van der Waals surface area contributed by atoms with E-state index in [0.717, 1.165) is 23.1 Å². The number of hydrogen-bond acceptors (Lipinski definition) is 4. The molecule has 0 amide bonds. The van der Waals surface area contributed by atoms with Gasteiger partial charge in [0, 0.05) is 13.5 Å². The van der Waals surface area contributed by atoms with Gasteiger partial charge in [-0.25, -0.2) is 4.79 Å². The predicted octanol–water partition coefficient (Wildman–Crippen LogP) is 5.56. The Kier molecular flexibility index (Phi) is 7.78. The second-order valence-electron chi connectivity index (χ2n) is 8.29. The number of rotatable bonds is 10. The van der Waals surface area contributed by atoms with E-state index in [9.17, 15) is 4.79 Å². The highest BCUT2D eigenvalue weighted by Gasteiger charge is 2.22. The minimum absolute atomic E-state index is 0.166. The Labute approximate surface area is 200 Å². The van der Waals surface area contributed by atoms with Crippen LogP contribution in [-0.4, -0.2) is 37.5 Å². The van der Waals surface area contributed by atoms with Crippen molar-refractivity contribution in [3.05, 3.63) is 100 Å². The SMILES string of the molecule is CCc1ccc2c(c1)C(OCCOc1ccc(CC(OC)C(=O)O)cc1)c1ccccc1C=C2. The molecule has 2 atom stereocenters. The molecule has 1 N–H and O–H groups in total. The van der Waals surface area contributed by atoms with Crippen molar-refractivity contribution in [1.29, 1.82) is 0 Å². The molecule has 1 aliphatic rings. The molecule has 0 spiro atoms. The zero-order valence-electron chi connectivity index (χ0n) is 19.6. The number of methoxy groups -OCH3 is 1. The van der Waals surface area contributed by atoms with Gasteiger partial charge < -0.3 is 19.3 Å². The zero-order chi connectivity index (χ0) is 23.9. The van der Waals surface area contributed by atoms with Crippen LogP contribution in [0.5, 0.6) is 5.75 Å². The van der Waals surface area contributed by atoms with Crippen molar-refractivity contribution < 1.29 is 24.1 Å². The maximum absolute atomic E-state index is 11.2. The van der Waals surface area contributed by atoms with E-state index in [1.54, 1.807) is 0 Å². The van der Waals surface area contributed by atoms with E-state index in [0.29, 0.717) is 25.4 Å². The highest BCUT2D eigenvalue weighted by atomic mass is 16.5. The lowest BCUT2D eigenvalue weighted by Crippen LogP contribution is -2.24. The van der Waals surface area contributed by atoms with Gasteiger partial charge in [0.1, 0.15) is 18.5 Å². The third-order valence-corrected chi connectivity index (χ3v) is 6.10. The first kappa shape index (κ1) is 23.7. The molecule has 0 heterocycles. The lowest BCUT2D eigenvalue weighted by Gasteiger charge is -2.22. The van der Waals surface area contributed by atoms with E-state index in [2.05, 4.69) is 49.4 Å². The number of fused-ring (bicyclic) bond motifs is 2. The molecule has 0 saturated heterocycles. The molecule has 5 heteroatoms. The van der Waals surface area contributed by atoms with E-state index in [1.165, 1.54) is 23.8 Å². The first-order valence-electron chi connectivity index (χ1n) is 11.6. The first-order valence-corrected chi connectivity index (χ1v) is 11.6. The predicted molar refractivity (Wildman–Crippen MR) is 133 cm³/mol. The van der Waals surface area contributed by atoms with Crippen molar-refractivity contribution in [2.24, 2.45) is 0 Å². The molecule has 3 aromatic rings. The molecule has 5 nitrogen and oxygen atoms in total. The average molecular weight is 459 g/mol. The highest BCUT2D eigenvalue weighted by molar-refractivity contribution is 5.76. The van der Waals surface area contributed by atoms with E-state index >= 15 is 0 Å².